The Morgan fingerprint density at radius 2 is 1.20 bits per heavy atom. The third kappa shape index (κ3) is 15.3. The van der Waals surface area contributed by atoms with Crippen LogP contribution in [-0.2, 0) is 0 Å². The summed E-state index contributed by atoms with van der Waals surface area (Å²) in [6, 6.07) is 0. The minimum atomic E-state index is 0.486. The van der Waals surface area contributed by atoms with Gasteiger partial charge in [-0.1, -0.05) is 221 Å². The van der Waals surface area contributed by atoms with Gasteiger partial charge in [-0.15, -0.1) is 0 Å². The van der Waals surface area contributed by atoms with E-state index in [1.807, 2.05) is 0 Å². The molecule has 16 aliphatic carbocycles. The van der Waals surface area contributed by atoms with E-state index in [4.69, 9.17) is 0 Å². The second-order valence-electron chi connectivity index (χ2n) is 39.9. The molecule has 0 aromatic carbocycles. The predicted octanol–water partition coefficient (Wildman–Crippen LogP) is 29.5. The molecule has 0 heteroatoms. The van der Waals surface area contributed by atoms with Gasteiger partial charge in [-0.25, -0.2) is 0 Å². The lowest BCUT2D eigenvalue weighted by molar-refractivity contribution is 0.00384. The molecule has 536 valence electrons. The van der Waals surface area contributed by atoms with E-state index < -0.39 is 0 Å². The highest BCUT2D eigenvalue weighted by Gasteiger charge is 2.67. The number of allylic oxidation sites excluding steroid dienone is 15. The molecule has 0 radical (unpaired) electrons. The van der Waals surface area contributed by atoms with Crippen molar-refractivity contribution < 1.29 is 0 Å². The van der Waals surface area contributed by atoms with E-state index in [1.165, 1.54) is 235 Å². The van der Waals surface area contributed by atoms with Crippen molar-refractivity contribution in [2.75, 3.05) is 0 Å². The van der Waals surface area contributed by atoms with Gasteiger partial charge in [-0.2, -0.15) is 0 Å². The molecular formula is C96H152. The average molecular weight is 1310 g/mol. The summed E-state index contributed by atoms with van der Waals surface area (Å²) < 4.78 is 0. The van der Waals surface area contributed by atoms with Crippen molar-refractivity contribution in [2.24, 2.45) is 133 Å². The Hall–Kier alpha value is -2.86. The lowest BCUT2D eigenvalue weighted by Crippen LogP contribution is -2.44. The topological polar surface area (TPSA) is 0 Å². The van der Waals surface area contributed by atoms with Gasteiger partial charge < -0.3 is 0 Å². The third-order valence-electron chi connectivity index (χ3n) is 33.1. The molecule has 0 nitrogen and oxygen atoms in total. The zero-order chi connectivity index (χ0) is 69.7. The molecule has 0 aliphatic heterocycles. The fourth-order valence-electron chi connectivity index (χ4n) is 25.9. The highest BCUT2D eigenvalue weighted by Crippen LogP contribution is 2.76. The lowest BCUT2D eigenvalue weighted by atomic mass is 9.52. The van der Waals surface area contributed by atoms with Gasteiger partial charge in [-0.05, 0) is 379 Å². The van der Waals surface area contributed by atoms with Crippen LogP contribution in [0.1, 0.15) is 336 Å². The molecule has 16 rings (SSSR count). The molecule has 2 spiro atoms. The molecular weight excluding hydrogens is 1150 g/mol. The fourth-order valence-corrected chi connectivity index (χ4v) is 25.9. The Kier molecular flexibility index (Phi) is 23.9. The van der Waals surface area contributed by atoms with Crippen LogP contribution in [-0.4, -0.2) is 0 Å². The van der Waals surface area contributed by atoms with Crippen molar-refractivity contribution in [3.8, 4) is 0 Å². The van der Waals surface area contributed by atoms with Gasteiger partial charge in [0.1, 0.15) is 0 Å². The molecule has 0 amide bonds. The molecule has 6 bridgehead atoms. The standard InChI is InChI=1S/4C15H24.2C13H20.C10H16/c1-10(2)13-6-7-14(4)11(3)12-5-8-15(13,14)9-12;1-10-11-6-7-12-13(11)14(2,3)8-5-9-15(10,12)4;1-11-6-5-7-12(2)13-10-15(3,4)14(13)9-8-11;1-11(2)13-8-9-14-7-5-6-12(3)15(14,4)10-13;1-8-3-5-10-7-12(10)13-9(2)4-6-11(8)13;1-11-6-9-13(10-7-11)8-4-3-5-12(13)2;1-8(2)10-6-4-9(3)5-7-10/h10,12-13H,3,5-9H2,1-2,4H3;11-13H,1,5-9H2,2-4H3;6,13-14H,2,5,7-10H2,1,3-4H3;7,12-13H,1,5-6,8-10H2,2-4H3;9-13H,1,3-7H2,2H3;6H,2-5,7-10H2,1H3;4,10H,1,5-7H2,2-3H3/b;;11-6+;;;;/t12?,13-,14+,15?;11?,12?,13?,15-;13-,14-;12-,13-,15+;;13-;10-/m0011.10/s1. The third-order valence-corrected chi connectivity index (χ3v) is 33.1. The summed E-state index contributed by atoms with van der Waals surface area (Å²) in [5.74, 6) is 14.8. The summed E-state index contributed by atoms with van der Waals surface area (Å²) in [6.07, 6.45) is 57.9. The zero-order valence-electron chi connectivity index (χ0n) is 66.2. The quantitative estimate of drug-likeness (QED) is 0.247. The Bertz CT molecular complexity index is 2980. The van der Waals surface area contributed by atoms with E-state index in [0.29, 0.717) is 37.9 Å². The Morgan fingerprint density at radius 1 is 0.510 bits per heavy atom. The summed E-state index contributed by atoms with van der Waals surface area (Å²) in [7, 11) is 0. The van der Waals surface area contributed by atoms with Crippen LogP contribution in [0, 0.1) is 133 Å². The van der Waals surface area contributed by atoms with E-state index in [9.17, 15) is 0 Å². The minimum absolute atomic E-state index is 0.486. The molecule has 0 heterocycles. The average Bonchev–Trinajstić information content (AvgIpc) is 1.52. The van der Waals surface area contributed by atoms with Crippen molar-refractivity contribution in [2.45, 2.75) is 336 Å². The van der Waals surface area contributed by atoms with Crippen molar-refractivity contribution in [3.05, 3.63) is 132 Å². The maximum absolute atomic E-state index is 4.46. The summed E-state index contributed by atoms with van der Waals surface area (Å²) >= 11 is 0. The SMILES string of the molecule is C=C(C)[C@@H]1CCC2=CCC[C@@H](C)[C@]2(C)C1.C=C(C)[C@H]1CC=C(C)CC1.C=C1C2CCC3(C2)[C@H](C(C)C)CC[C@]13C.C=C1C2CCC3C2C(C)(C)CCC[C@@]13C.C=C1CC/C=C(\C)CC[C@@H]2[C@@H]1CC2(C)C.C=C1CCC2CC2C2C(C)CCC12.C=C1CCCC[C@]12CC=C(C)CC2. The van der Waals surface area contributed by atoms with Crippen molar-refractivity contribution >= 4 is 0 Å². The summed E-state index contributed by atoms with van der Waals surface area (Å²) in [6.45, 7) is 68.2. The molecule has 12 fully saturated rings. The van der Waals surface area contributed by atoms with Crippen molar-refractivity contribution in [1.82, 2.24) is 0 Å². The van der Waals surface area contributed by atoms with E-state index in [1.54, 1.807) is 51.0 Å². The van der Waals surface area contributed by atoms with E-state index in [2.05, 4.69) is 181 Å². The van der Waals surface area contributed by atoms with Crippen LogP contribution < -0.4 is 0 Å². The van der Waals surface area contributed by atoms with Crippen LogP contribution in [0.25, 0.3) is 0 Å². The van der Waals surface area contributed by atoms with Crippen molar-refractivity contribution in [1.29, 1.82) is 0 Å². The van der Waals surface area contributed by atoms with Gasteiger partial charge in [0.15, 0.2) is 0 Å². The van der Waals surface area contributed by atoms with Crippen LogP contribution in [0.2, 0.25) is 0 Å². The molecule has 12 saturated carbocycles. The van der Waals surface area contributed by atoms with Gasteiger partial charge in [0.2, 0.25) is 0 Å². The minimum Gasteiger partial charge on any atom is -0.0999 e. The Balaban J connectivity index is 0.000000122. The maximum Gasteiger partial charge on any atom is -0.00532 e. The lowest BCUT2D eigenvalue weighted by Gasteiger charge is -2.53. The fraction of sp³-hybridized carbons (Fsp3) is 0.771. The molecule has 0 aromatic heterocycles. The molecule has 20 atom stereocenters. The summed E-state index contributed by atoms with van der Waals surface area (Å²) in [5, 5.41) is 0. The highest BCUT2D eigenvalue weighted by atomic mass is 14.7. The number of rotatable bonds is 3. The predicted molar refractivity (Wildman–Crippen MR) is 422 cm³/mol. The van der Waals surface area contributed by atoms with E-state index >= 15 is 0 Å². The van der Waals surface area contributed by atoms with Crippen LogP contribution in [0.4, 0.5) is 0 Å². The zero-order valence-corrected chi connectivity index (χ0v) is 66.2. The first-order chi connectivity index (χ1) is 45.2. The van der Waals surface area contributed by atoms with Crippen LogP contribution in [0.3, 0.4) is 0 Å². The molecule has 0 saturated heterocycles. The second kappa shape index (κ2) is 30.2. The van der Waals surface area contributed by atoms with Gasteiger partial charge in [0.25, 0.3) is 0 Å². The van der Waals surface area contributed by atoms with E-state index in [-0.39, 0.29) is 0 Å². The maximum atomic E-state index is 4.46. The summed E-state index contributed by atoms with van der Waals surface area (Å²) in [5.41, 5.74) is 21.0. The monoisotopic (exact) mass is 1310 g/mol. The van der Waals surface area contributed by atoms with Crippen LogP contribution in [0.5, 0.6) is 0 Å². The molecule has 0 aromatic rings. The highest BCUT2D eigenvalue weighted by molar-refractivity contribution is 5.34. The molecule has 10 unspecified atom stereocenters. The Labute approximate surface area is 596 Å². The number of hydrogen-bond acceptors (Lipinski definition) is 0. The van der Waals surface area contributed by atoms with Crippen LogP contribution in [0.15, 0.2) is 132 Å². The molecule has 96 heavy (non-hydrogen) atoms. The first-order valence-electron chi connectivity index (χ1n) is 41.6. The number of fused-ring (bicyclic) bond motifs is 6. The number of hydrogen-bond donors (Lipinski definition) is 0. The normalized spacial score (nSPS) is 43.5. The van der Waals surface area contributed by atoms with Crippen molar-refractivity contribution in [3.63, 3.8) is 0 Å². The molecule has 0 N–H and O–H groups in total. The second-order valence-corrected chi connectivity index (χ2v) is 39.9. The smallest absolute Gasteiger partial charge is 0.00532 e. The first kappa shape index (κ1) is 75.8. The largest absolute Gasteiger partial charge is 0.0999 e. The van der Waals surface area contributed by atoms with Gasteiger partial charge in [0.05, 0.1) is 0 Å². The summed E-state index contributed by atoms with van der Waals surface area (Å²) in [4.78, 5) is 0. The Morgan fingerprint density at radius 3 is 1.86 bits per heavy atom. The first-order valence-corrected chi connectivity index (χ1v) is 41.6. The van der Waals surface area contributed by atoms with Crippen LogP contribution >= 0.6 is 0 Å². The van der Waals surface area contributed by atoms with Gasteiger partial charge in [0, 0.05) is 0 Å². The van der Waals surface area contributed by atoms with Gasteiger partial charge >= 0.3 is 0 Å². The van der Waals surface area contributed by atoms with Gasteiger partial charge in [-0.3, -0.25) is 0 Å². The molecule has 16 aliphatic rings. The van der Waals surface area contributed by atoms with E-state index in [0.717, 1.165) is 94.7 Å².